The molecule has 2 heterocycles. The molecule has 8 nitrogen and oxygen atoms in total. The molecule has 2 fully saturated rings. The lowest BCUT2D eigenvalue weighted by atomic mass is 9.56. The van der Waals surface area contributed by atoms with Crippen LogP contribution in [0.1, 0.15) is 39.1 Å². The third kappa shape index (κ3) is 2.67. The Morgan fingerprint density at radius 3 is 2.79 bits per heavy atom. The summed E-state index contributed by atoms with van der Waals surface area (Å²) in [6, 6.07) is 0.0489. The van der Waals surface area contributed by atoms with Crippen molar-refractivity contribution < 1.29 is 14.3 Å². The van der Waals surface area contributed by atoms with Crippen LogP contribution in [-0.4, -0.2) is 64.1 Å². The summed E-state index contributed by atoms with van der Waals surface area (Å²) in [7, 11) is 3.60. The molecule has 2 aliphatic rings. The number of amides is 2. The zero-order valence-electron chi connectivity index (χ0n) is 15.1. The van der Waals surface area contributed by atoms with Gasteiger partial charge in [0.05, 0.1) is 18.8 Å². The molecule has 1 aliphatic carbocycles. The summed E-state index contributed by atoms with van der Waals surface area (Å²) in [5, 5.41) is 11.1. The van der Waals surface area contributed by atoms with Crippen molar-refractivity contribution >= 4 is 6.03 Å². The number of aryl methyl sites for hydroxylation is 1. The molecule has 0 radical (unpaired) electrons. The third-order valence-electron chi connectivity index (χ3n) is 5.96. The number of carbonyl (C=O) groups is 1. The molecule has 8 heteroatoms. The van der Waals surface area contributed by atoms with E-state index in [4.69, 9.17) is 9.47 Å². The minimum Gasteiger partial charge on any atom is -0.378 e. The van der Waals surface area contributed by atoms with E-state index in [-0.39, 0.29) is 29.2 Å². The molecule has 3 atom stereocenters. The van der Waals surface area contributed by atoms with Gasteiger partial charge in [-0.15, -0.1) is 10.2 Å². The normalized spacial score (nSPS) is 32.3. The minimum absolute atomic E-state index is 0.0540. The summed E-state index contributed by atoms with van der Waals surface area (Å²) in [6.07, 6.45) is 2.22. The summed E-state index contributed by atoms with van der Waals surface area (Å²) in [5.74, 6) is 0.739. The van der Waals surface area contributed by atoms with Gasteiger partial charge < -0.3 is 24.3 Å². The number of morpholine rings is 1. The number of hydrogen-bond donors (Lipinski definition) is 1. The molecule has 0 unspecified atom stereocenters. The standard InChI is InChI=1S/C16H27N5O3/c1-15(2)12(8-16(15,3)23-5)18-14(22)21-6-7-24-11(9-21)13-19-17-10-20(13)4/h10-12H,6-9H2,1-5H3,(H,18,22)/t11-,12-,16+/m0/s1. The lowest BCUT2D eigenvalue weighted by molar-refractivity contribution is -0.178. The van der Waals surface area contributed by atoms with Gasteiger partial charge in [0.2, 0.25) is 0 Å². The molecule has 3 rings (SSSR count). The molecule has 24 heavy (non-hydrogen) atoms. The molecule has 134 valence electrons. The molecular weight excluding hydrogens is 310 g/mol. The number of nitrogens with one attached hydrogen (secondary N) is 1. The van der Waals surface area contributed by atoms with Gasteiger partial charge in [-0.3, -0.25) is 0 Å². The molecule has 0 spiro atoms. The fraction of sp³-hybridized carbons (Fsp3) is 0.812. The molecule has 1 N–H and O–H groups in total. The number of methoxy groups -OCH3 is 1. The number of urea groups is 1. The predicted molar refractivity (Wildman–Crippen MR) is 87.4 cm³/mol. The van der Waals surface area contributed by atoms with Crippen molar-refractivity contribution in [2.24, 2.45) is 12.5 Å². The van der Waals surface area contributed by atoms with Crippen molar-refractivity contribution in [1.82, 2.24) is 25.0 Å². The van der Waals surface area contributed by atoms with Crippen molar-refractivity contribution in [1.29, 1.82) is 0 Å². The Hall–Kier alpha value is -1.67. The van der Waals surface area contributed by atoms with Crippen molar-refractivity contribution in [2.45, 2.75) is 44.9 Å². The Bertz CT molecular complexity index is 617. The van der Waals surface area contributed by atoms with Gasteiger partial charge in [-0.2, -0.15) is 0 Å². The smallest absolute Gasteiger partial charge is 0.317 e. The lowest BCUT2D eigenvalue weighted by Gasteiger charge is -2.59. The van der Waals surface area contributed by atoms with Crippen molar-refractivity contribution in [2.75, 3.05) is 26.8 Å². The first-order valence-electron chi connectivity index (χ1n) is 8.34. The van der Waals surface area contributed by atoms with Crippen LogP contribution in [0.5, 0.6) is 0 Å². The van der Waals surface area contributed by atoms with E-state index in [0.29, 0.717) is 19.7 Å². The molecule has 1 aromatic rings. The van der Waals surface area contributed by atoms with E-state index in [9.17, 15) is 4.79 Å². The Kier molecular flexibility index (Phi) is 4.29. The predicted octanol–water partition coefficient (Wildman–Crippen LogP) is 1.10. The maximum atomic E-state index is 12.7. The van der Waals surface area contributed by atoms with Crippen LogP contribution in [0.2, 0.25) is 0 Å². The Labute approximate surface area is 142 Å². The van der Waals surface area contributed by atoms with Crippen LogP contribution in [0.4, 0.5) is 4.79 Å². The van der Waals surface area contributed by atoms with E-state index < -0.39 is 0 Å². The van der Waals surface area contributed by atoms with Crippen LogP contribution in [0.25, 0.3) is 0 Å². The SMILES string of the molecule is CO[C@]1(C)C[C@H](NC(=O)N2CCO[C@H](c3nncn3C)C2)C1(C)C. The topological polar surface area (TPSA) is 81.5 Å². The highest BCUT2D eigenvalue weighted by atomic mass is 16.5. The zero-order chi connectivity index (χ0) is 17.5. The molecule has 0 aromatic carbocycles. The summed E-state index contributed by atoms with van der Waals surface area (Å²) in [6.45, 7) is 7.91. The maximum Gasteiger partial charge on any atom is 0.317 e. The molecule has 1 saturated heterocycles. The summed E-state index contributed by atoms with van der Waals surface area (Å²) >= 11 is 0. The van der Waals surface area contributed by atoms with Crippen molar-refractivity contribution in [3.8, 4) is 0 Å². The quantitative estimate of drug-likeness (QED) is 0.893. The van der Waals surface area contributed by atoms with Gasteiger partial charge in [-0.05, 0) is 13.3 Å². The first-order chi connectivity index (χ1) is 11.3. The Balaban J connectivity index is 1.61. The number of hydrogen-bond acceptors (Lipinski definition) is 5. The van der Waals surface area contributed by atoms with Crippen LogP contribution in [0.3, 0.4) is 0 Å². The number of carbonyl (C=O) groups excluding carboxylic acids is 1. The molecule has 1 aliphatic heterocycles. The number of ether oxygens (including phenoxy) is 2. The fourth-order valence-electron chi connectivity index (χ4n) is 3.54. The van der Waals surface area contributed by atoms with Gasteiger partial charge >= 0.3 is 6.03 Å². The Morgan fingerprint density at radius 2 is 2.21 bits per heavy atom. The highest BCUT2D eigenvalue weighted by molar-refractivity contribution is 5.75. The van der Waals surface area contributed by atoms with Crippen LogP contribution in [0, 0.1) is 5.41 Å². The van der Waals surface area contributed by atoms with E-state index in [1.807, 2.05) is 11.6 Å². The lowest BCUT2D eigenvalue weighted by Crippen LogP contribution is -2.69. The van der Waals surface area contributed by atoms with Crippen LogP contribution < -0.4 is 5.32 Å². The van der Waals surface area contributed by atoms with Gasteiger partial charge in [0, 0.05) is 32.2 Å². The third-order valence-corrected chi connectivity index (χ3v) is 5.96. The fourth-order valence-corrected chi connectivity index (χ4v) is 3.54. The first kappa shape index (κ1) is 17.2. The second kappa shape index (κ2) is 6.00. The number of rotatable bonds is 3. The summed E-state index contributed by atoms with van der Waals surface area (Å²) in [5.41, 5.74) is -0.302. The average Bonchev–Trinajstić information content (AvgIpc) is 3.00. The van der Waals surface area contributed by atoms with Crippen LogP contribution in [-0.2, 0) is 16.5 Å². The van der Waals surface area contributed by atoms with Gasteiger partial charge in [0.1, 0.15) is 12.4 Å². The summed E-state index contributed by atoms with van der Waals surface area (Å²) in [4.78, 5) is 14.5. The van der Waals surface area contributed by atoms with Gasteiger partial charge in [-0.1, -0.05) is 13.8 Å². The Morgan fingerprint density at radius 1 is 1.46 bits per heavy atom. The highest BCUT2D eigenvalue weighted by Gasteiger charge is 2.58. The van der Waals surface area contributed by atoms with Crippen LogP contribution >= 0.6 is 0 Å². The molecular formula is C16H27N5O3. The van der Waals surface area contributed by atoms with E-state index in [1.165, 1.54) is 0 Å². The maximum absolute atomic E-state index is 12.7. The average molecular weight is 337 g/mol. The molecule has 2 amide bonds. The second-order valence-corrected chi connectivity index (χ2v) is 7.47. The van der Waals surface area contributed by atoms with Crippen molar-refractivity contribution in [3.63, 3.8) is 0 Å². The van der Waals surface area contributed by atoms with Gasteiger partial charge in [-0.25, -0.2) is 4.79 Å². The second-order valence-electron chi connectivity index (χ2n) is 7.47. The molecule has 0 bridgehead atoms. The van der Waals surface area contributed by atoms with E-state index in [1.54, 1.807) is 18.3 Å². The minimum atomic E-state index is -0.240. The van der Waals surface area contributed by atoms with Gasteiger partial charge in [0.25, 0.3) is 0 Å². The first-order valence-corrected chi connectivity index (χ1v) is 8.34. The number of nitrogens with zero attached hydrogens (tertiary/aromatic N) is 4. The van der Waals surface area contributed by atoms with E-state index in [2.05, 4.69) is 36.3 Å². The number of aromatic nitrogens is 3. The highest BCUT2D eigenvalue weighted by Crippen LogP contribution is 2.51. The van der Waals surface area contributed by atoms with Crippen molar-refractivity contribution in [3.05, 3.63) is 12.2 Å². The van der Waals surface area contributed by atoms with E-state index >= 15 is 0 Å². The molecule has 1 aromatic heterocycles. The monoisotopic (exact) mass is 337 g/mol. The zero-order valence-corrected chi connectivity index (χ0v) is 15.1. The summed E-state index contributed by atoms with van der Waals surface area (Å²) < 4.78 is 13.2. The van der Waals surface area contributed by atoms with E-state index in [0.717, 1.165) is 12.2 Å². The van der Waals surface area contributed by atoms with Crippen LogP contribution in [0.15, 0.2) is 6.33 Å². The molecule has 1 saturated carbocycles. The largest absolute Gasteiger partial charge is 0.378 e. The van der Waals surface area contributed by atoms with Gasteiger partial charge in [0.15, 0.2) is 5.82 Å².